The number of alkyl carbamates (subject to hydrolysis) is 1. The van der Waals surface area contributed by atoms with Crippen LogP contribution in [0.2, 0.25) is 0 Å². The molecule has 0 saturated carbocycles. The summed E-state index contributed by atoms with van der Waals surface area (Å²) >= 11 is 0. The molecule has 134 valence electrons. The lowest BCUT2D eigenvalue weighted by Gasteiger charge is -2.37. The molecule has 1 saturated heterocycles. The van der Waals surface area contributed by atoms with Gasteiger partial charge in [-0.15, -0.1) is 0 Å². The normalized spacial score (nSPS) is 23.4. The summed E-state index contributed by atoms with van der Waals surface area (Å²) in [7, 11) is 0. The predicted octanol–water partition coefficient (Wildman–Crippen LogP) is 1.54. The number of hydrogen-bond acceptors (Lipinski definition) is 5. The summed E-state index contributed by atoms with van der Waals surface area (Å²) in [6.07, 6.45) is 0.0224. The van der Waals surface area contributed by atoms with E-state index in [9.17, 15) is 14.4 Å². The number of nitrogens with one attached hydrogen (secondary N) is 2. The molecule has 3 rings (SSSR count). The van der Waals surface area contributed by atoms with Gasteiger partial charge in [0.15, 0.2) is 0 Å². The standard InChI is InChI=1S/C18H23N3O4/c1-18(2,3)25-17(24)20-13-10-19-9-8-14(13)21-15(22)11-6-4-5-7-12(11)16(21)23/h4-7,13-14,19H,8-10H2,1-3H3,(H,20,24). The molecule has 2 N–H and O–H groups in total. The molecule has 2 atom stereocenters. The number of benzene rings is 1. The van der Waals surface area contributed by atoms with Crippen LogP contribution in [0.15, 0.2) is 24.3 Å². The lowest BCUT2D eigenvalue weighted by molar-refractivity contribution is 0.0383. The fraction of sp³-hybridized carbons (Fsp3) is 0.500. The van der Waals surface area contributed by atoms with Gasteiger partial charge in [-0.3, -0.25) is 14.5 Å². The van der Waals surface area contributed by atoms with Gasteiger partial charge >= 0.3 is 6.09 Å². The Bertz CT molecular complexity index is 676. The van der Waals surface area contributed by atoms with Crippen molar-refractivity contribution in [1.82, 2.24) is 15.5 Å². The monoisotopic (exact) mass is 345 g/mol. The van der Waals surface area contributed by atoms with E-state index in [1.54, 1.807) is 45.0 Å². The summed E-state index contributed by atoms with van der Waals surface area (Å²) in [5.74, 6) is -0.605. The molecule has 1 aromatic carbocycles. The maximum absolute atomic E-state index is 12.7. The molecule has 7 heteroatoms. The van der Waals surface area contributed by atoms with Gasteiger partial charge in [-0.1, -0.05) is 12.1 Å². The largest absolute Gasteiger partial charge is 0.444 e. The Labute approximate surface area is 146 Å². The third-order valence-corrected chi connectivity index (χ3v) is 4.30. The van der Waals surface area contributed by atoms with E-state index in [1.165, 1.54) is 4.90 Å². The van der Waals surface area contributed by atoms with Crippen LogP contribution in [-0.2, 0) is 4.74 Å². The van der Waals surface area contributed by atoms with Gasteiger partial charge in [0.2, 0.25) is 0 Å². The van der Waals surface area contributed by atoms with Crippen LogP contribution in [-0.4, -0.2) is 53.6 Å². The summed E-state index contributed by atoms with van der Waals surface area (Å²) < 4.78 is 5.30. The van der Waals surface area contributed by atoms with Crippen LogP contribution >= 0.6 is 0 Å². The molecule has 2 aliphatic rings. The maximum atomic E-state index is 12.7. The molecule has 1 aromatic rings. The van der Waals surface area contributed by atoms with E-state index in [-0.39, 0.29) is 11.8 Å². The highest BCUT2D eigenvalue weighted by Crippen LogP contribution is 2.27. The number of carbonyl (C=O) groups excluding carboxylic acids is 3. The second-order valence-electron chi connectivity index (χ2n) is 7.34. The summed E-state index contributed by atoms with van der Waals surface area (Å²) in [6.45, 7) is 6.50. The Balaban J connectivity index is 1.79. The lowest BCUT2D eigenvalue weighted by atomic mass is 9.99. The molecule has 0 spiro atoms. The second kappa shape index (κ2) is 6.48. The average molecular weight is 345 g/mol. The molecule has 2 unspecified atom stereocenters. The lowest BCUT2D eigenvalue weighted by Crippen LogP contribution is -2.61. The van der Waals surface area contributed by atoms with Gasteiger partial charge in [0.05, 0.1) is 23.2 Å². The number of ether oxygens (including phenoxy) is 1. The van der Waals surface area contributed by atoms with Gasteiger partial charge in [0.25, 0.3) is 11.8 Å². The van der Waals surface area contributed by atoms with Crippen molar-refractivity contribution in [3.63, 3.8) is 0 Å². The summed E-state index contributed by atoms with van der Waals surface area (Å²) in [5.41, 5.74) is 0.223. The van der Waals surface area contributed by atoms with Crippen molar-refractivity contribution in [3.05, 3.63) is 35.4 Å². The summed E-state index contributed by atoms with van der Waals surface area (Å²) in [6, 6.07) is 6.01. The number of hydrogen-bond donors (Lipinski definition) is 2. The van der Waals surface area contributed by atoms with Crippen molar-refractivity contribution in [2.45, 2.75) is 44.9 Å². The Morgan fingerprint density at radius 2 is 1.80 bits per heavy atom. The Hall–Kier alpha value is -2.41. The van der Waals surface area contributed by atoms with Crippen LogP contribution < -0.4 is 10.6 Å². The first kappa shape index (κ1) is 17.4. The van der Waals surface area contributed by atoms with E-state index < -0.39 is 23.8 Å². The first-order chi connectivity index (χ1) is 11.8. The number of fused-ring (bicyclic) bond motifs is 1. The summed E-state index contributed by atoms with van der Waals surface area (Å²) in [4.78, 5) is 38.8. The van der Waals surface area contributed by atoms with Crippen molar-refractivity contribution < 1.29 is 19.1 Å². The summed E-state index contributed by atoms with van der Waals surface area (Å²) in [5, 5.41) is 5.99. The average Bonchev–Trinajstić information content (AvgIpc) is 2.78. The maximum Gasteiger partial charge on any atom is 0.407 e. The van der Waals surface area contributed by atoms with Crippen LogP contribution in [0.5, 0.6) is 0 Å². The highest BCUT2D eigenvalue weighted by Gasteiger charge is 2.44. The van der Waals surface area contributed by atoms with Crippen molar-refractivity contribution in [2.75, 3.05) is 13.1 Å². The third-order valence-electron chi connectivity index (χ3n) is 4.30. The van der Waals surface area contributed by atoms with Gasteiger partial charge in [0.1, 0.15) is 5.60 Å². The molecule has 0 bridgehead atoms. The fourth-order valence-corrected chi connectivity index (χ4v) is 3.27. The topological polar surface area (TPSA) is 87.7 Å². The molecule has 0 aliphatic carbocycles. The first-order valence-electron chi connectivity index (χ1n) is 8.45. The van der Waals surface area contributed by atoms with Crippen LogP contribution in [0, 0.1) is 0 Å². The van der Waals surface area contributed by atoms with Crippen molar-refractivity contribution in [1.29, 1.82) is 0 Å². The minimum Gasteiger partial charge on any atom is -0.444 e. The highest BCUT2D eigenvalue weighted by atomic mass is 16.6. The van der Waals surface area contributed by atoms with E-state index >= 15 is 0 Å². The molecule has 0 radical (unpaired) electrons. The molecule has 3 amide bonds. The third kappa shape index (κ3) is 3.51. The van der Waals surface area contributed by atoms with Crippen LogP contribution in [0.1, 0.15) is 47.9 Å². The number of amides is 3. The van der Waals surface area contributed by atoms with E-state index in [4.69, 9.17) is 4.74 Å². The van der Waals surface area contributed by atoms with E-state index in [1.807, 2.05) is 0 Å². The van der Waals surface area contributed by atoms with Crippen LogP contribution in [0.4, 0.5) is 4.79 Å². The van der Waals surface area contributed by atoms with Gasteiger partial charge in [-0.2, -0.15) is 0 Å². The zero-order valence-electron chi connectivity index (χ0n) is 14.7. The molecule has 2 aliphatic heterocycles. The minimum atomic E-state index is -0.614. The van der Waals surface area contributed by atoms with Crippen LogP contribution in [0.25, 0.3) is 0 Å². The Morgan fingerprint density at radius 1 is 1.20 bits per heavy atom. The zero-order chi connectivity index (χ0) is 18.2. The zero-order valence-corrected chi connectivity index (χ0v) is 14.7. The van der Waals surface area contributed by atoms with Crippen LogP contribution in [0.3, 0.4) is 0 Å². The second-order valence-corrected chi connectivity index (χ2v) is 7.34. The Kier molecular flexibility index (Phi) is 4.51. The number of rotatable bonds is 2. The molecule has 2 heterocycles. The number of piperidine rings is 1. The van der Waals surface area contributed by atoms with E-state index in [0.29, 0.717) is 30.6 Å². The van der Waals surface area contributed by atoms with Gasteiger partial charge in [-0.05, 0) is 45.9 Å². The fourth-order valence-electron chi connectivity index (χ4n) is 3.27. The van der Waals surface area contributed by atoms with Gasteiger partial charge in [0, 0.05) is 6.54 Å². The number of carbonyl (C=O) groups is 3. The van der Waals surface area contributed by atoms with Gasteiger partial charge < -0.3 is 15.4 Å². The Morgan fingerprint density at radius 3 is 2.36 bits per heavy atom. The molecular formula is C18H23N3O4. The first-order valence-corrected chi connectivity index (χ1v) is 8.45. The SMILES string of the molecule is CC(C)(C)OC(=O)NC1CNCCC1N1C(=O)c2ccccc2C1=O. The predicted molar refractivity (Wildman–Crippen MR) is 91.4 cm³/mol. The molecule has 25 heavy (non-hydrogen) atoms. The number of imide groups is 1. The van der Waals surface area contributed by atoms with E-state index in [2.05, 4.69) is 10.6 Å². The molecule has 0 aromatic heterocycles. The molecule has 1 fully saturated rings. The van der Waals surface area contributed by atoms with Crippen molar-refractivity contribution in [3.8, 4) is 0 Å². The van der Waals surface area contributed by atoms with Crippen molar-refractivity contribution in [2.24, 2.45) is 0 Å². The smallest absolute Gasteiger partial charge is 0.407 e. The molecule has 7 nitrogen and oxygen atoms in total. The quantitative estimate of drug-likeness (QED) is 0.794. The number of nitrogens with zero attached hydrogens (tertiary/aromatic N) is 1. The molecular weight excluding hydrogens is 322 g/mol. The minimum absolute atomic E-state index is 0.302. The van der Waals surface area contributed by atoms with E-state index in [0.717, 1.165) is 0 Å². The van der Waals surface area contributed by atoms with Gasteiger partial charge in [-0.25, -0.2) is 4.79 Å². The van der Waals surface area contributed by atoms with Crippen molar-refractivity contribution >= 4 is 17.9 Å². The highest BCUT2D eigenvalue weighted by molar-refractivity contribution is 6.21.